The molecule has 226 valence electrons. The number of aryl methyl sites for hydroxylation is 1. The van der Waals surface area contributed by atoms with Gasteiger partial charge in [0.15, 0.2) is 0 Å². The SMILES string of the molecule is CCCCCCCCN(C(=O)C(CCSC)NC(=O)OC(C)(C)C)C(C(=O)NCC(=O)OC)c1cccc(C)c1. The van der Waals surface area contributed by atoms with Gasteiger partial charge < -0.3 is 25.0 Å². The van der Waals surface area contributed by atoms with Crippen LogP contribution in [0.1, 0.15) is 89.8 Å². The van der Waals surface area contributed by atoms with Crippen LogP contribution in [-0.4, -0.2) is 72.6 Å². The summed E-state index contributed by atoms with van der Waals surface area (Å²) in [6.45, 7) is 9.36. The fourth-order valence-corrected chi connectivity index (χ4v) is 4.68. The lowest BCUT2D eigenvalue weighted by molar-refractivity contribution is -0.144. The minimum absolute atomic E-state index is 0.317. The fraction of sp³-hybridized carbons (Fsp3) is 0.667. The van der Waals surface area contributed by atoms with Crippen LogP contribution in [0.15, 0.2) is 24.3 Å². The molecule has 0 aliphatic rings. The van der Waals surface area contributed by atoms with Crippen molar-refractivity contribution in [3.63, 3.8) is 0 Å². The highest BCUT2D eigenvalue weighted by Crippen LogP contribution is 2.25. The van der Waals surface area contributed by atoms with Crippen molar-refractivity contribution in [3.8, 4) is 0 Å². The van der Waals surface area contributed by atoms with E-state index in [0.29, 0.717) is 30.7 Å². The fourth-order valence-electron chi connectivity index (χ4n) is 4.21. The average molecular weight is 580 g/mol. The van der Waals surface area contributed by atoms with Crippen molar-refractivity contribution >= 4 is 35.6 Å². The third kappa shape index (κ3) is 13.5. The maximum Gasteiger partial charge on any atom is 0.408 e. The van der Waals surface area contributed by atoms with Gasteiger partial charge >= 0.3 is 12.1 Å². The number of ether oxygens (including phenoxy) is 2. The number of methoxy groups -OCH3 is 1. The number of carbonyl (C=O) groups is 4. The highest BCUT2D eigenvalue weighted by molar-refractivity contribution is 7.98. The first kappa shape index (κ1) is 35.3. The van der Waals surface area contributed by atoms with E-state index in [2.05, 4.69) is 17.6 Å². The zero-order valence-corrected chi connectivity index (χ0v) is 26.2. The van der Waals surface area contributed by atoms with Gasteiger partial charge in [0, 0.05) is 6.54 Å². The van der Waals surface area contributed by atoms with E-state index < -0.39 is 35.7 Å². The Morgan fingerprint density at radius 3 is 2.33 bits per heavy atom. The Hall–Kier alpha value is -2.75. The molecule has 40 heavy (non-hydrogen) atoms. The van der Waals surface area contributed by atoms with E-state index in [9.17, 15) is 19.2 Å². The molecule has 1 aromatic carbocycles. The predicted molar refractivity (Wildman–Crippen MR) is 160 cm³/mol. The Labute approximate surface area is 244 Å². The number of hydrogen-bond donors (Lipinski definition) is 2. The molecule has 1 aromatic rings. The molecule has 2 N–H and O–H groups in total. The number of esters is 1. The van der Waals surface area contributed by atoms with Gasteiger partial charge in [-0.2, -0.15) is 11.8 Å². The molecule has 0 aromatic heterocycles. The van der Waals surface area contributed by atoms with Gasteiger partial charge in [0.05, 0.1) is 7.11 Å². The Bertz CT molecular complexity index is 950. The zero-order valence-electron chi connectivity index (χ0n) is 25.3. The van der Waals surface area contributed by atoms with Crippen LogP contribution in [0.2, 0.25) is 0 Å². The lowest BCUT2D eigenvalue weighted by atomic mass is 9.99. The quantitative estimate of drug-likeness (QED) is 0.194. The summed E-state index contributed by atoms with van der Waals surface area (Å²) in [5, 5.41) is 5.39. The van der Waals surface area contributed by atoms with Gasteiger partial charge in [-0.25, -0.2) is 4.79 Å². The van der Waals surface area contributed by atoms with Gasteiger partial charge in [-0.1, -0.05) is 68.9 Å². The maximum atomic E-state index is 14.2. The van der Waals surface area contributed by atoms with E-state index in [0.717, 1.165) is 37.7 Å². The summed E-state index contributed by atoms with van der Waals surface area (Å²) in [4.78, 5) is 53.9. The molecule has 0 aliphatic carbocycles. The molecular weight excluding hydrogens is 530 g/mol. The number of hydrogen-bond acceptors (Lipinski definition) is 7. The number of nitrogens with zero attached hydrogens (tertiary/aromatic N) is 1. The monoisotopic (exact) mass is 579 g/mol. The number of nitrogens with one attached hydrogen (secondary N) is 2. The van der Waals surface area contributed by atoms with Crippen LogP contribution in [0.5, 0.6) is 0 Å². The van der Waals surface area contributed by atoms with Crippen molar-refractivity contribution in [2.75, 3.05) is 32.2 Å². The molecule has 2 atom stereocenters. The molecular formula is C30H49N3O6S. The van der Waals surface area contributed by atoms with Crippen LogP contribution in [-0.2, 0) is 23.9 Å². The molecule has 0 bridgehead atoms. The number of amides is 3. The summed E-state index contributed by atoms with van der Waals surface area (Å²) in [6, 6.07) is 5.53. The third-order valence-corrected chi connectivity index (χ3v) is 6.83. The Kier molecular flexibility index (Phi) is 16.4. The molecule has 0 spiro atoms. The predicted octanol–water partition coefficient (Wildman–Crippen LogP) is 5.16. The molecule has 1 rings (SSSR count). The summed E-state index contributed by atoms with van der Waals surface area (Å²) >= 11 is 1.56. The van der Waals surface area contributed by atoms with E-state index >= 15 is 0 Å². The molecule has 0 heterocycles. The molecule has 3 amide bonds. The Balaban J connectivity index is 3.42. The van der Waals surface area contributed by atoms with E-state index in [1.807, 2.05) is 31.4 Å². The largest absolute Gasteiger partial charge is 0.468 e. The van der Waals surface area contributed by atoms with Gasteiger partial charge in [-0.15, -0.1) is 0 Å². The average Bonchev–Trinajstić information content (AvgIpc) is 2.89. The second-order valence-electron chi connectivity index (χ2n) is 10.9. The molecule has 2 unspecified atom stereocenters. The summed E-state index contributed by atoms with van der Waals surface area (Å²) in [5.74, 6) is -0.820. The van der Waals surface area contributed by atoms with Crippen LogP contribution < -0.4 is 10.6 Å². The van der Waals surface area contributed by atoms with Crippen molar-refractivity contribution in [1.29, 1.82) is 0 Å². The van der Waals surface area contributed by atoms with Crippen molar-refractivity contribution in [3.05, 3.63) is 35.4 Å². The van der Waals surface area contributed by atoms with Crippen molar-refractivity contribution in [2.24, 2.45) is 0 Å². The van der Waals surface area contributed by atoms with Crippen LogP contribution in [0.3, 0.4) is 0 Å². The lowest BCUT2D eigenvalue weighted by Crippen LogP contribution is -2.53. The van der Waals surface area contributed by atoms with E-state index in [-0.39, 0.29) is 12.5 Å². The van der Waals surface area contributed by atoms with Crippen LogP contribution in [0, 0.1) is 6.92 Å². The summed E-state index contributed by atoms with van der Waals surface area (Å²) in [6.07, 6.45) is 7.65. The summed E-state index contributed by atoms with van der Waals surface area (Å²) in [5.41, 5.74) is 0.830. The smallest absolute Gasteiger partial charge is 0.408 e. The third-order valence-electron chi connectivity index (χ3n) is 6.19. The van der Waals surface area contributed by atoms with Gasteiger partial charge in [0.1, 0.15) is 24.2 Å². The first-order chi connectivity index (χ1) is 18.9. The number of alkyl carbamates (subject to hydrolysis) is 1. The number of benzene rings is 1. The minimum atomic E-state index is -0.995. The Morgan fingerprint density at radius 2 is 1.73 bits per heavy atom. The minimum Gasteiger partial charge on any atom is -0.468 e. The second-order valence-corrected chi connectivity index (χ2v) is 11.9. The van der Waals surface area contributed by atoms with Crippen molar-refractivity contribution < 1.29 is 28.7 Å². The second kappa shape index (κ2) is 18.6. The molecule has 0 saturated heterocycles. The molecule has 0 radical (unpaired) electrons. The topological polar surface area (TPSA) is 114 Å². The van der Waals surface area contributed by atoms with E-state index in [1.165, 1.54) is 7.11 Å². The van der Waals surface area contributed by atoms with Crippen LogP contribution in [0.25, 0.3) is 0 Å². The number of thioether (sulfide) groups is 1. The number of carbonyl (C=O) groups excluding carboxylic acids is 4. The normalized spacial score (nSPS) is 12.7. The Morgan fingerprint density at radius 1 is 1.05 bits per heavy atom. The van der Waals surface area contributed by atoms with E-state index in [1.54, 1.807) is 43.5 Å². The van der Waals surface area contributed by atoms with Gasteiger partial charge in [-0.05, 0) is 58.1 Å². The standard InChI is InChI=1S/C30H49N3O6S/c1-8-9-10-11-12-13-18-33(28(36)24(17-19-40-7)32-29(37)39-30(3,4)5)26(23-16-14-15-22(2)20-23)27(35)31-21-25(34)38-6/h14-16,20,24,26H,8-13,17-19,21H2,1-7H3,(H,31,35)(H,32,37). The number of unbranched alkanes of at least 4 members (excludes halogenated alkanes) is 5. The molecule has 9 nitrogen and oxygen atoms in total. The van der Waals surface area contributed by atoms with Gasteiger partial charge in [-0.3, -0.25) is 14.4 Å². The zero-order chi connectivity index (χ0) is 30.1. The molecule has 10 heteroatoms. The van der Waals surface area contributed by atoms with Crippen LogP contribution >= 0.6 is 11.8 Å². The number of rotatable bonds is 17. The van der Waals surface area contributed by atoms with E-state index in [4.69, 9.17) is 9.47 Å². The summed E-state index contributed by atoms with van der Waals surface area (Å²) < 4.78 is 10.1. The molecule has 0 saturated carbocycles. The van der Waals surface area contributed by atoms with Crippen molar-refractivity contribution in [1.82, 2.24) is 15.5 Å². The molecule has 0 aliphatic heterocycles. The summed E-state index contributed by atoms with van der Waals surface area (Å²) in [7, 11) is 1.25. The lowest BCUT2D eigenvalue weighted by Gasteiger charge is -2.34. The highest BCUT2D eigenvalue weighted by atomic mass is 32.2. The maximum absolute atomic E-state index is 14.2. The van der Waals surface area contributed by atoms with Gasteiger partial charge in [0.25, 0.3) is 0 Å². The first-order valence-electron chi connectivity index (χ1n) is 14.1. The highest BCUT2D eigenvalue weighted by Gasteiger charge is 2.36. The first-order valence-corrected chi connectivity index (χ1v) is 15.5. The van der Waals surface area contributed by atoms with Crippen LogP contribution in [0.4, 0.5) is 4.79 Å². The molecule has 0 fully saturated rings. The van der Waals surface area contributed by atoms with Crippen molar-refractivity contribution in [2.45, 2.75) is 97.2 Å². The van der Waals surface area contributed by atoms with Gasteiger partial charge in [0.2, 0.25) is 11.8 Å².